The zero-order valence-electron chi connectivity index (χ0n) is 15.4. The van der Waals surface area contributed by atoms with Crippen LogP contribution in [0.1, 0.15) is 30.4 Å². The van der Waals surface area contributed by atoms with E-state index in [1.165, 1.54) is 11.1 Å². The fourth-order valence-corrected chi connectivity index (χ4v) is 5.37. The highest BCUT2D eigenvalue weighted by Gasteiger charge is 2.54. The molecule has 2 bridgehead atoms. The molecule has 1 heterocycles. The van der Waals surface area contributed by atoms with Crippen molar-refractivity contribution >= 4 is 11.9 Å². The summed E-state index contributed by atoms with van der Waals surface area (Å²) in [5, 5.41) is 9.61. The zero-order chi connectivity index (χ0) is 18.3. The van der Waals surface area contributed by atoms with Gasteiger partial charge in [0.15, 0.2) is 0 Å². The predicted molar refractivity (Wildman–Crippen MR) is 98.5 cm³/mol. The number of rotatable bonds is 4. The number of amides is 1. The van der Waals surface area contributed by atoms with Crippen molar-refractivity contribution in [3.8, 4) is 0 Å². The second-order valence-corrected chi connectivity index (χ2v) is 8.25. The maximum Gasteiger partial charge on any atom is 0.307 e. The molecule has 5 heteroatoms. The first kappa shape index (κ1) is 17.5. The van der Waals surface area contributed by atoms with E-state index in [1.54, 1.807) is 0 Å². The van der Waals surface area contributed by atoms with Gasteiger partial charge in [-0.05, 0) is 49.1 Å². The van der Waals surface area contributed by atoms with Crippen molar-refractivity contribution in [1.82, 2.24) is 9.80 Å². The number of carbonyl (C=O) groups is 2. The topological polar surface area (TPSA) is 60.9 Å². The van der Waals surface area contributed by atoms with Crippen LogP contribution in [0.25, 0.3) is 0 Å². The Bertz CT molecular complexity index is 696. The number of aliphatic carboxylic acids is 1. The first-order valence-corrected chi connectivity index (χ1v) is 9.83. The molecule has 4 rings (SSSR count). The van der Waals surface area contributed by atoms with Gasteiger partial charge < -0.3 is 10.0 Å². The summed E-state index contributed by atoms with van der Waals surface area (Å²) < 4.78 is 0. The Morgan fingerprint density at radius 3 is 2.35 bits per heavy atom. The number of carbonyl (C=O) groups excluding carboxylic acids is 1. The summed E-state index contributed by atoms with van der Waals surface area (Å²) in [6.45, 7) is 6.20. The van der Waals surface area contributed by atoms with Gasteiger partial charge in [-0.2, -0.15) is 0 Å². The Morgan fingerprint density at radius 1 is 1.04 bits per heavy atom. The number of hydrogen-bond donors (Lipinski definition) is 1. The molecular formula is C21H28N2O3. The van der Waals surface area contributed by atoms with Gasteiger partial charge in [0.25, 0.3) is 0 Å². The molecule has 3 fully saturated rings. The third kappa shape index (κ3) is 3.13. The minimum absolute atomic E-state index is 0.0974. The van der Waals surface area contributed by atoms with Crippen LogP contribution in [0.2, 0.25) is 0 Å². The third-order valence-electron chi connectivity index (χ3n) is 6.83. The van der Waals surface area contributed by atoms with Crippen LogP contribution in [0.3, 0.4) is 0 Å². The molecule has 0 aromatic heterocycles. The van der Waals surface area contributed by atoms with E-state index in [4.69, 9.17) is 0 Å². The SMILES string of the molecule is Cc1ccccc1CN1CCN(C(=O)[C@@H]2[C@H]3CC[C@@H](C3)[C@H]2C(=O)O)CC1. The Kier molecular flexibility index (Phi) is 4.74. The summed E-state index contributed by atoms with van der Waals surface area (Å²) in [7, 11) is 0. The van der Waals surface area contributed by atoms with E-state index in [0.717, 1.165) is 38.9 Å². The molecule has 1 aliphatic heterocycles. The van der Waals surface area contributed by atoms with Crippen LogP contribution in [0.5, 0.6) is 0 Å². The number of piperazine rings is 1. The van der Waals surface area contributed by atoms with Crippen molar-refractivity contribution in [2.45, 2.75) is 32.7 Å². The maximum atomic E-state index is 13.1. The fourth-order valence-electron chi connectivity index (χ4n) is 5.37. The van der Waals surface area contributed by atoms with Crippen LogP contribution in [0, 0.1) is 30.6 Å². The first-order chi connectivity index (χ1) is 12.5. The van der Waals surface area contributed by atoms with Gasteiger partial charge in [-0.3, -0.25) is 14.5 Å². The molecule has 1 aromatic carbocycles. The average molecular weight is 356 g/mol. The van der Waals surface area contributed by atoms with Gasteiger partial charge in [-0.1, -0.05) is 24.3 Å². The van der Waals surface area contributed by atoms with Gasteiger partial charge in [-0.25, -0.2) is 0 Å². The van der Waals surface area contributed by atoms with E-state index in [9.17, 15) is 14.7 Å². The van der Waals surface area contributed by atoms with E-state index >= 15 is 0 Å². The monoisotopic (exact) mass is 356 g/mol. The number of benzene rings is 1. The normalized spacial score (nSPS) is 31.3. The number of aryl methyl sites for hydroxylation is 1. The van der Waals surface area contributed by atoms with Crippen molar-refractivity contribution in [2.24, 2.45) is 23.7 Å². The third-order valence-corrected chi connectivity index (χ3v) is 6.83. The second-order valence-electron chi connectivity index (χ2n) is 8.25. The molecular weight excluding hydrogens is 328 g/mol. The lowest BCUT2D eigenvalue weighted by Crippen LogP contribution is -2.52. The van der Waals surface area contributed by atoms with E-state index in [-0.39, 0.29) is 17.7 Å². The molecule has 1 saturated heterocycles. The highest BCUT2D eigenvalue weighted by Crippen LogP contribution is 2.53. The Hall–Kier alpha value is -1.88. The van der Waals surface area contributed by atoms with Gasteiger partial charge in [0.1, 0.15) is 0 Å². The van der Waals surface area contributed by atoms with Gasteiger partial charge in [0.2, 0.25) is 5.91 Å². The maximum absolute atomic E-state index is 13.1. The van der Waals surface area contributed by atoms with Crippen LogP contribution in [-0.4, -0.2) is 53.0 Å². The van der Waals surface area contributed by atoms with Gasteiger partial charge in [0, 0.05) is 32.7 Å². The molecule has 3 aliphatic rings. The van der Waals surface area contributed by atoms with E-state index in [1.807, 2.05) is 4.90 Å². The molecule has 2 saturated carbocycles. The van der Waals surface area contributed by atoms with Gasteiger partial charge in [0.05, 0.1) is 11.8 Å². The summed E-state index contributed by atoms with van der Waals surface area (Å²) in [4.78, 5) is 29.1. The lowest BCUT2D eigenvalue weighted by Gasteiger charge is -2.38. The molecule has 2 aliphatic carbocycles. The number of fused-ring (bicyclic) bond motifs is 2. The highest BCUT2D eigenvalue weighted by molar-refractivity contribution is 5.86. The smallest absolute Gasteiger partial charge is 0.307 e. The highest BCUT2D eigenvalue weighted by atomic mass is 16.4. The van der Waals surface area contributed by atoms with Gasteiger partial charge in [-0.15, -0.1) is 0 Å². The molecule has 1 amide bonds. The van der Waals surface area contributed by atoms with Crippen LogP contribution in [0.15, 0.2) is 24.3 Å². The summed E-state index contributed by atoms with van der Waals surface area (Å²) in [5.74, 6) is -0.901. The minimum atomic E-state index is -0.770. The van der Waals surface area contributed by atoms with Crippen molar-refractivity contribution < 1.29 is 14.7 Å². The zero-order valence-corrected chi connectivity index (χ0v) is 15.4. The quantitative estimate of drug-likeness (QED) is 0.900. The minimum Gasteiger partial charge on any atom is -0.481 e. The number of carboxylic acid groups (broad SMARTS) is 1. The van der Waals surface area contributed by atoms with Crippen molar-refractivity contribution in [1.29, 1.82) is 0 Å². The average Bonchev–Trinajstić information content (AvgIpc) is 3.25. The van der Waals surface area contributed by atoms with Crippen LogP contribution < -0.4 is 0 Å². The van der Waals surface area contributed by atoms with E-state index < -0.39 is 11.9 Å². The van der Waals surface area contributed by atoms with Crippen LogP contribution in [0.4, 0.5) is 0 Å². The molecule has 1 aromatic rings. The molecule has 4 atom stereocenters. The van der Waals surface area contributed by atoms with Crippen LogP contribution in [-0.2, 0) is 16.1 Å². The summed E-state index contributed by atoms with van der Waals surface area (Å²) in [6.07, 6.45) is 2.94. The Morgan fingerprint density at radius 2 is 1.69 bits per heavy atom. The lowest BCUT2D eigenvalue weighted by molar-refractivity contribution is -0.153. The van der Waals surface area contributed by atoms with E-state index in [2.05, 4.69) is 36.1 Å². The van der Waals surface area contributed by atoms with Crippen molar-refractivity contribution in [3.63, 3.8) is 0 Å². The Balaban J connectivity index is 1.36. The van der Waals surface area contributed by atoms with Crippen LogP contribution >= 0.6 is 0 Å². The second kappa shape index (κ2) is 7.03. The summed E-state index contributed by atoms with van der Waals surface area (Å²) >= 11 is 0. The number of hydrogen-bond acceptors (Lipinski definition) is 3. The standard InChI is InChI=1S/C21H28N2O3/c1-14-4-2-3-5-17(14)13-22-8-10-23(11-9-22)20(24)18-15-6-7-16(12-15)19(18)21(25)26/h2-5,15-16,18-19H,6-13H2,1H3,(H,25,26)/t15-,16-,18+,19+/m0/s1. The van der Waals surface area contributed by atoms with E-state index in [0.29, 0.717) is 19.0 Å². The molecule has 0 spiro atoms. The summed E-state index contributed by atoms with van der Waals surface area (Å²) in [6, 6.07) is 8.43. The lowest BCUT2D eigenvalue weighted by atomic mass is 9.78. The molecule has 5 nitrogen and oxygen atoms in total. The first-order valence-electron chi connectivity index (χ1n) is 9.83. The number of nitrogens with zero attached hydrogens (tertiary/aromatic N) is 2. The largest absolute Gasteiger partial charge is 0.481 e. The van der Waals surface area contributed by atoms with Crippen molar-refractivity contribution in [2.75, 3.05) is 26.2 Å². The predicted octanol–water partition coefficient (Wildman–Crippen LogP) is 2.39. The summed E-state index contributed by atoms with van der Waals surface area (Å²) in [5.41, 5.74) is 2.64. The molecule has 1 N–H and O–H groups in total. The number of carboxylic acids is 1. The molecule has 140 valence electrons. The Labute approximate surface area is 155 Å². The molecule has 0 radical (unpaired) electrons. The fraction of sp³-hybridized carbons (Fsp3) is 0.619. The molecule has 26 heavy (non-hydrogen) atoms. The van der Waals surface area contributed by atoms with Crippen molar-refractivity contribution in [3.05, 3.63) is 35.4 Å². The van der Waals surface area contributed by atoms with Gasteiger partial charge >= 0.3 is 5.97 Å². The molecule has 0 unspecified atom stereocenters.